The van der Waals surface area contributed by atoms with Crippen molar-refractivity contribution < 1.29 is 4.74 Å². The van der Waals surface area contributed by atoms with E-state index in [0.717, 1.165) is 6.54 Å². The highest BCUT2D eigenvalue weighted by atomic mass is 16.5. The molecule has 2 heteroatoms. The summed E-state index contributed by atoms with van der Waals surface area (Å²) in [6.45, 7) is 13.3. The molecule has 0 radical (unpaired) electrons. The molecule has 0 saturated carbocycles. The Bertz CT molecular complexity index is 172. The Balaban J connectivity index is 2.40. The smallest absolute Gasteiger partial charge is 0.0709 e. The summed E-state index contributed by atoms with van der Waals surface area (Å²) < 4.78 is 6.02. The first-order valence-corrected chi connectivity index (χ1v) is 5.80. The van der Waals surface area contributed by atoms with E-state index < -0.39 is 0 Å². The fraction of sp³-hybridized carbons (Fsp3) is 1.00. The number of nitrogens with zero attached hydrogens (tertiary/aromatic N) is 1. The fourth-order valence-electron chi connectivity index (χ4n) is 2.03. The lowest BCUT2D eigenvalue weighted by Crippen LogP contribution is -2.45. The summed E-state index contributed by atoms with van der Waals surface area (Å²) in [5.74, 6) is 0. The maximum Gasteiger partial charge on any atom is 0.0709 e. The summed E-state index contributed by atoms with van der Waals surface area (Å²) in [6, 6.07) is 0.654. The van der Waals surface area contributed by atoms with Crippen molar-refractivity contribution in [1.82, 2.24) is 4.90 Å². The quantitative estimate of drug-likeness (QED) is 0.678. The van der Waals surface area contributed by atoms with E-state index in [4.69, 9.17) is 4.74 Å². The van der Waals surface area contributed by atoms with Crippen molar-refractivity contribution in [2.24, 2.45) is 0 Å². The molecule has 1 saturated heterocycles. The average Bonchev–Trinajstić information content (AvgIpc) is 2.01. The van der Waals surface area contributed by atoms with Crippen molar-refractivity contribution in [2.45, 2.75) is 65.2 Å². The number of piperidine rings is 1. The van der Waals surface area contributed by atoms with Gasteiger partial charge in [0.1, 0.15) is 0 Å². The minimum absolute atomic E-state index is 0.00462. The monoisotopic (exact) mass is 199 g/mol. The van der Waals surface area contributed by atoms with Crippen LogP contribution >= 0.6 is 0 Å². The number of ether oxygens (including phenoxy) is 1. The van der Waals surface area contributed by atoms with Gasteiger partial charge in [-0.1, -0.05) is 0 Å². The Morgan fingerprint density at radius 1 is 1.29 bits per heavy atom. The highest BCUT2D eigenvalue weighted by Crippen LogP contribution is 2.20. The zero-order valence-electron chi connectivity index (χ0n) is 10.3. The topological polar surface area (TPSA) is 12.5 Å². The van der Waals surface area contributed by atoms with Gasteiger partial charge in [0.05, 0.1) is 11.7 Å². The molecule has 1 atom stereocenters. The maximum absolute atomic E-state index is 6.02. The van der Waals surface area contributed by atoms with E-state index in [2.05, 4.69) is 39.5 Å². The molecule has 1 aliphatic rings. The van der Waals surface area contributed by atoms with E-state index in [1.807, 2.05) is 0 Å². The molecule has 1 unspecified atom stereocenters. The predicted molar refractivity (Wildman–Crippen MR) is 60.6 cm³/mol. The van der Waals surface area contributed by atoms with Gasteiger partial charge < -0.3 is 4.74 Å². The van der Waals surface area contributed by atoms with Crippen LogP contribution in [0.15, 0.2) is 0 Å². The van der Waals surface area contributed by atoms with E-state index in [1.165, 1.54) is 19.4 Å². The second kappa shape index (κ2) is 4.63. The summed E-state index contributed by atoms with van der Waals surface area (Å²) in [4.78, 5) is 2.51. The van der Waals surface area contributed by atoms with Crippen molar-refractivity contribution in [3.8, 4) is 0 Å². The summed E-state index contributed by atoms with van der Waals surface area (Å²) >= 11 is 0. The number of rotatable bonds is 2. The van der Waals surface area contributed by atoms with Gasteiger partial charge in [-0.25, -0.2) is 0 Å². The Morgan fingerprint density at radius 3 is 2.43 bits per heavy atom. The molecule has 14 heavy (non-hydrogen) atoms. The van der Waals surface area contributed by atoms with Gasteiger partial charge in [0.2, 0.25) is 0 Å². The minimum Gasteiger partial charge on any atom is -0.371 e. The third kappa shape index (κ3) is 3.97. The largest absolute Gasteiger partial charge is 0.371 e. The van der Waals surface area contributed by atoms with Gasteiger partial charge in [-0.05, 0) is 54.0 Å². The molecule has 0 amide bonds. The Labute approximate surface area is 88.6 Å². The molecule has 0 N–H and O–H groups in total. The van der Waals surface area contributed by atoms with Crippen molar-refractivity contribution in [3.63, 3.8) is 0 Å². The molecule has 84 valence electrons. The van der Waals surface area contributed by atoms with Crippen molar-refractivity contribution in [2.75, 3.05) is 13.1 Å². The predicted octanol–water partition coefficient (Wildman–Crippen LogP) is 2.67. The molecule has 2 nitrogen and oxygen atoms in total. The molecule has 0 bridgehead atoms. The third-order valence-electron chi connectivity index (χ3n) is 2.66. The van der Waals surface area contributed by atoms with Crippen LogP contribution in [0.3, 0.4) is 0 Å². The number of likely N-dealkylation sites (tertiary alicyclic amines) is 1. The summed E-state index contributed by atoms with van der Waals surface area (Å²) in [6.07, 6.45) is 2.94. The number of hydrogen-bond donors (Lipinski definition) is 0. The van der Waals surface area contributed by atoms with Gasteiger partial charge in [0, 0.05) is 12.6 Å². The van der Waals surface area contributed by atoms with Crippen LogP contribution in [-0.4, -0.2) is 35.7 Å². The van der Waals surface area contributed by atoms with Crippen LogP contribution in [0.2, 0.25) is 0 Å². The van der Waals surface area contributed by atoms with E-state index in [9.17, 15) is 0 Å². The first-order valence-electron chi connectivity index (χ1n) is 5.80. The lowest BCUT2D eigenvalue weighted by Gasteiger charge is -2.38. The molecule has 1 fully saturated rings. The maximum atomic E-state index is 6.02. The van der Waals surface area contributed by atoms with Crippen LogP contribution in [0.4, 0.5) is 0 Å². The lowest BCUT2D eigenvalue weighted by molar-refractivity contribution is -0.0898. The Hall–Kier alpha value is -0.0800. The lowest BCUT2D eigenvalue weighted by atomic mass is 10.1. The van der Waals surface area contributed by atoms with Crippen molar-refractivity contribution in [3.05, 3.63) is 0 Å². The van der Waals surface area contributed by atoms with Crippen LogP contribution in [-0.2, 0) is 4.74 Å². The SMILES string of the molecule is CC(C)N1CCCC(OC(C)(C)C)C1. The zero-order chi connectivity index (χ0) is 10.8. The van der Waals surface area contributed by atoms with Gasteiger partial charge >= 0.3 is 0 Å². The molecule has 0 aromatic rings. The van der Waals surface area contributed by atoms with Crippen LogP contribution < -0.4 is 0 Å². The highest BCUT2D eigenvalue weighted by Gasteiger charge is 2.25. The Kier molecular flexibility index (Phi) is 3.96. The van der Waals surface area contributed by atoms with E-state index >= 15 is 0 Å². The van der Waals surface area contributed by atoms with Crippen molar-refractivity contribution in [1.29, 1.82) is 0 Å². The average molecular weight is 199 g/mol. The van der Waals surface area contributed by atoms with Crippen LogP contribution in [0, 0.1) is 0 Å². The molecule has 1 rings (SSSR count). The van der Waals surface area contributed by atoms with Crippen LogP contribution in [0.5, 0.6) is 0 Å². The van der Waals surface area contributed by atoms with E-state index in [-0.39, 0.29) is 5.60 Å². The fourth-order valence-corrected chi connectivity index (χ4v) is 2.03. The molecule has 1 aliphatic heterocycles. The second-order valence-corrected chi connectivity index (χ2v) is 5.58. The molecular weight excluding hydrogens is 174 g/mol. The highest BCUT2D eigenvalue weighted by molar-refractivity contribution is 4.77. The second-order valence-electron chi connectivity index (χ2n) is 5.58. The van der Waals surface area contributed by atoms with Crippen LogP contribution in [0.25, 0.3) is 0 Å². The van der Waals surface area contributed by atoms with Gasteiger partial charge in [0.25, 0.3) is 0 Å². The van der Waals surface area contributed by atoms with E-state index in [0.29, 0.717) is 12.1 Å². The normalized spacial score (nSPS) is 25.7. The first-order chi connectivity index (χ1) is 6.38. The Morgan fingerprint density at radius 2 is 1.93 bits per heavy atom. The van der Waals surface area contributed by atoms with E-state index in [1.54, 1.807) is 0 Å². The van der Waals surface area contributed by atoms with Gasteiger partial charge in [-0.3, -0.25) is 4.90 Å². The van der Waals surface area contributed by atoms with Crippen molar-refractivity contribution >= 4 is 0 Å². The molecular formula is C12H25NO. The van der Waals surface area contributed by atoms with Gasteiger partial charge in [-0.15, -0.1) is 0 Å². The van der Waals surface area contributed by atoms with Crippen LogP contribution in [0.1, 0.15) is 47.5 Å². The summed E-state index contributed by atoms with van der Waals surface area (Å²) in [7, 11) is 0. The summed E-state index contributed by atoms with van der Waals surface area (Å²) in [5.41, 5.74) is 0.00462. The molecule has 0 aliphatic carbocycles. The minimum atomic E-state index is 0.00462. The third-order valence-corrected chi connectivity index (χ3v) is 2.66. The zero-order valence-corrected chi connectivity index (χ0v) is 10.3. The van der Waals surface area contributed by atoms with Gasteiger partial charge in [0.15, 0.2) is 0 Å². The molecule has 0 aromatic carbocycles. The molecule has 0 aromatic heterocycles. The molecule has 0 spiro atoms. The standard InChI is InChI=1S/C12H25NO/c1-10(2)13-8-6-7-11(9-13)14-12(3,4)5/h10-11H,6-9H2,1-5H3. The summed E-state index contributed by atoms with van der Waals surface area (Å²) in [5, 5.41) is 0. The molecule has 1 heterocycles. The number of hydrogen-bond acceptors (Lipinski definition) is 2. The van der Waals surface area contributed by atoms with Gasteiger partial charge in [-0.2, -0.15) is 0 Å². The first kappa shape index (κ1) is 12.0.